The third-order valence-electron chi connectivity index (χ3n) is 3.79. The molecule has 140 valence electrons. The van der Waals surface area contributed by atoms with E-state index in [-0.39, 0.29) is 10.9 Å². The number of nitrogens with zero attached hydrogens (tertiary/aromatic N) is 2. The van der Waals surface area contributed by atoms with Crippen LogP contribution in [-0.2, 0) is 0 Å². The highest BCUT2D eigenvalue weighted by atomic mass is 32.1. The smallest absolute Gasteiger partial charge is 0.296 e. The number of hydrogen-bond donors (Lipinski definition) is 1. The fraction of sp³-hybridized carbons (Fsp3) is 0. The molecule has 2 aromatic carbocycles. The van der Waals surface area contributed by atoms with Gasteiger partial charge in [0.1, 0.15) is 11.5 Å². The highest BCUT2D eigenvalue weighted by Gasteiger charge is 2.16. The number of halogens is 3. The maximum absolute atomic E-state index is 13.4. The van der Waals surface area contributed by atoms with Crippen LogP contribution < -0.4 is 5.32 Å². The molecule has 2 aromatic heterocycles. The van der Waals surface area contributed by atoms with Crippen molar-refractivity contribution in [3.8, 4) is 22.5 Å². The van der Waals surface area contributed by atoms with Crippen molar-refractivity contribution in [1.82, 2.24) is 10.1 Å². The van der Waals surface area contributed by atoms with Crippen molar-refractivity contribution in [3.63, 3.8) is 0 Å². The molecule has 0 aliphatic rings. The Balaban J connectivity index is 1.50. The van der Waals surface area contributed by atoms with Gasteiger partial charge >= 0.3 is 0 Å². The van der Waals surface area contributed by atoms with E-state index in [0.717, 1.165) is 23.5 Å². The van der Waals surface area contributed by atoms with Gasteiger partial charge in [0.15, 0.2) is 16.8 Å². The number of hydrogen-bond acceptors (Lipinski definition) is 5. The summed E-state index contributed by atoms with van der Waals surface area (Å²) in [7, 11) is 0. The molecule has 4 aromatic rings. The van der Waals surface area contributed by atoms with Gasteiger partial charge in [-0.3, -0.25) is 10.1 Å². The van der Waals surface area contributed by atoms with Gasteiger partial charge in [0.2, 0.25) is 5.76 Å². The molecule has 0 saturated carbocycles. The minimum atomic E-state index is -0.984. The van der Waals surface area contributed by atoms with Crippen molar-refractivity contribution in [2.75, 3.05) is 5.32 Å². The van der Waals surface area contributed by atoms with E-state index >= 15 is 0 Å². The Morgan fingerprint density at radius 2 is 1.79 bits per heavy atom. The minimum Gasteiger partial charge on any atom is -0.350 e. The van der Waals surface area contributed by atoms with Gasteiger partial charge in [0.05, 0.1) is 5.69 Å². The van der Waals surface area contributed by atoms with Crippen LogP contribution in [0.5, 0.6) is 0 Å². The molecule has 1 N–H and O–H groups in total. The van der Waals surface area contributed by atoms with Crippen molar-refractivity contribution in [2.45, 2.75) is 0 Å². The number of amides is 1. The predicted molar refractivity (Wildman–Crippen MR) is 97.3 cm³/mol. The monoisotopic (exact) mass is 401 g/mol. The molecular weight excluding hydrogens is 391 g/mol. The van der Waals surface area contributed by atoms with E-state index in [1.54, 1.807) is 11.4 Å². The predicted octanol–water partition coefficient (Wildman–Crippen LogP) is 5.13. The molecule has 0 aliphatic carbocycles. The summed E-state index contributed by atoms with van der Waals surface area (Å²) in [4.78, 5) is 16.5. The molecular formula is C19H10F3N3O2S. The third-order valence-corrected chi connectivity index (χ3v) is 4.55. The normalized spacial score (nSPS) is 10.8. The maximum atomic E-state index is 13.4. The molecule has 0 bridgehead atoms. The first-order valence-electron chi connectivity index (χ1n) is 7.94. The standard InChI is InChI=1S/C19H10F3N3O2S/c20-12-3-1-2-10(6-12)15-8-17(27-25-15)18(26)24-19-23-16(9-28-19)11-4-5-13(21)14(22)7-11/h1-9H,(H,23,24,26). The lowest BCUT2D eigenvalue weighted by molar-refractivity contribution is 0.0988. The minimum absolute atomic E-state index is 0.0798. The van der Waals surface area contributed by atoms with E-state index in [1.165, 1.54) is 30.3 Å². The largest absolute Gasteiger partial charge is 0.350 e. The number of benzene rings is 2. The summed E-state index contributed by atoms with van der Waals surface area (Å²) in [6.07, 6.45) is 0. The number of rotatable bonds is 4. The van der Waals surface area contributed by atoms with Gasteiger partial charge in [0, 0.05) is 22.6 Å². The van der Waals surface area contributed by atoms with Crippen LogP contribution >= 0.6 is 11.3 Å². The highest BCUT2D eigenvalue weighted by Crippen LogP contribution is 2.27. The maximum Gasteiger partial charge on any atom is 0.296 e. The van der Waals surface area contributed by atoms with Crippen LogP contribution in [0.25, 0.3) is 22.5 Å². The Hall–Kier alpha value is -3.46. The van der Waals surface area contributed by atoms with E-state index in [4.69, 9.17) is 4.52 Å². The molecule has 0 unspecified atom stereocenters. The number of aromatic nitrogens is 2. The Bertz CT molecular complexity index is 1170. The van der Waals surface area contributed by atoms with Gasteiger partial charge in [-0.2, -0.15) is 0 Å². The molecule has 0 saturated heterocycles. The lowest BCUT2D eigenvalue weighted by atomic mass is 10.1. The van der Waals surface area contributed by atoms with Crippen LogP contribution in [0.15, 0.2) is 58.4 Å². The molecule has 5 nitrogen and oxygen atoms in total. The lowest BCUT2D eigenvalue weighted by Gasteiger charge is -1.99. The van der Waals surface area contributed by atoms with Gasteiger partial charge in [-0.25, -0.2) is 18.2 Å². The molecule has 0 atom stereocenters. The van der Waals surface area contributed by atoms with Crippen LogP contribution in [0.4, 0.5) is 18.3 Å². The Labute approximate surface area is 160 Å². The topological polar surface area (TPSA) is 68.0 Å². The number of nitrogens with one attached hydrogen (secondary N) is 1. The van der Waals surface area contributed by atoms with Crippen molar-refractivity contribution < 1.29 is 22.5 Å². The first kappa shape index (κ1) is 17.9. The van der Waals surface area contributed by atoms with Gasteiger partial charge in [-0.15, -0.1) is 11.3 Å². The summed E-state index contributed by atoms with van der Waals surface area (Å²) in [5, 5.41) is 8.15. The average Bonchev–Trinajstić information content (AvgIpc) is 3.34. The van der Waals surface area contributed by atoms with Crippen molar-refractivity contribution >= 4 is 22.4 Å². The lowest BCUT2D eigenvalue weighted by Crippen LogP contribution is -2.10. The molecule has 0 radical (unpaired) electrons. The van der Waals surface area contributed by atoms with Crippen molar-refractivity contribution in [3.05, 3.63) is 77.1 Å². The molecule has 1 amide bonds. The fourth-order valence-corrected chi connectivity index (χ4v) is 3.16. The number of carbonyl (C=O) groups is 1. The SMILES string of the molecule is O=C(Nc1nc(-c2ccc(F)c(F)c2)cs1)c1cc(-c2cccc(F)c2)no1. The van der Waals surface area contributed by atoms with E-state index in [2.05, 4.69) is 15.5 Å². The van der Waals surface area contributed by atoms with E-state index < -0.39 is 23.4 Å². The summed E-state index contributed by atoms with van der Waals surface area (Å²) >= 11 is 1.11. The van der Waals surface area contributed by atoms with Crippen LogP contribution in [0.2, 0.25) is 0 Å². The quantitative estimate of drug-likeness (QED) is 0.515. The molecule has 0 aliphatic heterocycles. The number of thiazole rings is 1. The van der Waals surface area contributed by atoms with Gasteiger partial charge in [-0.05, 0) is 30.3 Å². The summed E-state index contributed by atoms with van der Waals surface area (Å²) < 4.78 is 44.7. The molecule has 2 heterocycles. The molecule has 28 heavy (non-hydrogen) atoms. The summed E-state index contributed by atoms with van der Waals surface area (Å²) in [6, 6.07) is 10.5. The van der Waals surface area contributed by atoms with E-state index in [0.29, 0.717) is 22.5 Å². The summed E-state index contributed by atoms with van der Waals surface area (Å²) in [5.41, 5.74) is 1.55. The van der Waals surface area contributed by atoms with Crippen LogP contribution in [0, 0.1) is 17.5 Å². The second-order valence-electron chi connectivity index (χ2n) is 5.71. The van der Waals surface area contributed by atoms with Crippen molar-refractivity contribution in [2.24, 2.45) is 0 Å². The number of anilines is 1. The molecule has 0 spiro atoms. The van der Waals surface area contributed by atoms with Gasteiger partial charge in [0.25, 0.3) is 5.91 Å². The fourth-order valence-electron chi connectivity index (χ4n) is 2.44. The molecule has 0 fully saturated rings. The zero-order valence-electron chi connectivity index (χ0n) is 13.9. The van der Waals surface area contributed by atoms with Crippen molar-refractivity contribution in [1.29, 1.82) is 0 Å². The first-order valence-corrected chi connectivity index (χ1v) is 8.82. The van der Waals surface area contributed by atoms with E-state index in [1.807, 2.05) is 0 Å². The molecule has 4 rings (SSSR count). The molecule has 9 heteroatoms. The van der Waals surface area contributed by atoms with Gasteiger partial charge < -0.3 is 4.52 Å². The van der Waals surface area contributed by atoms with Gasteiger partial charge in [-0.1, -0.05) is 17.3 Å². The highest BCUT2D eigenvalue weighted by molar-refractivity contribution is 7.14. The van der Waals surface area contributed by atoms with E-state index in [9.17, 15) is 18.0 Å². The summed E-state index contributed by atoms with van der Waals surface area (Å²) in [5.74, 6) is -3.04. The summed E-state index contributed by atoms with van der Waals surface area (Å²) in [6.45, 7) is 0. The second-order valence-corrected chi connectivity index (χ2v) is 6.57. The second kappa shape index (κ2) is 7.28. The average molecular weight is 401 g/mol. The van der Waals surface area contributed by atoms with Crippen LogP contribution in [0.3, 0.4) is 0 Å². The van der Waals surface area contributed by atoms with Crippen LogP contribution in [0.1, 0.15) is 10.6 Å². The Kier molecular flexibility index (Phi) is 4.66. The van der Waals surface area contributed by atoms with Crippen LogP contribution in [-0.4, -0.2) is 16.0 Å². The number of carbonyl (C=O) groups excluding carboxylic acids is 1. The Morgan fingerprint density at radius 1 is 0.964 bits per heavy atom. The zero-order valence-corrected chi connectivity index (χ0v) is 14.8. The first-order chi connectivity index (χ1) is 13.5. The Morgan fingerprint density at radius 3 is 2.57 bits per heavy atom. The zero-order chi connectivity index (χ0) is 19.7. The third kappa shape index (κ3) is 3.65.